The number of Topliss-reactive ketones (excluding diaryl/α,β-unsaturated/α-hetero) is 1. The van der Waals surface area contributed by atoms with E-state index in [1.54, 1.807) is 0 Å². The van der Waals surface area contributed by atoms with Crippen LogP contribution in [0, 0.1) is 24.0 Å². The average molecular weight is 311 g/mol. The van der Waals surface area contributed by atoms with E-state index < -0.39 is 10.7 Å². The molecule has 7 nitrogen and oxygen atoms in total. The molecule has 0 unspecified atom stereocenters. The van der Waals surface area contributed by atoms with Gasteiger partial charge in [0, 0.05) is 23.5 Å². The number of aryl methyl sites for hydroxylation is 1. The van der Waals surface area contributed by atoms with Crippen molar-refractivity contribution in [1.29, 1.82) is 0 Å². The first-order valence-electron chi connectivity index (χ1n) is 6.42. The molecule has 0 radical (unpaired) electrons. The molecule has 0 aliphatic rings. The van der Waals surface area contributed by atoms with Crippen LogP contribution in [0.15, 0.2) is 12.3 Å². The maximum absolute atomic E-state index is 12.3. The lowest BCUT2D eigenvalue weighted by molar-refractivity contribution is -0.389. The Hall–Kier alpha value is -2.15. The average Bonchev–Trinajstić information content (AvgIpc) is 2.90. The van der Waals surface area contributed by atoms with Crippen molar-refractivity contribution in [3.8, 4) is 0 Å². The minimum absolute atomic E-state index is 0.0770. The van der Waals surface area contributed by atoms with Crippen LogP contribution in [0.1, 0.15) is 28.7 Å². The second-order valence-electron chi connectivity index (χ2n) is 4.71. The van der Waals surface area contributed by atoms with Crippen LogP contribution in [0.4, 0.5) is 5.82 Å². The lowest BCUT2D eigenvalue weighted by atomic mass is 10.1. The molecule has 0 bridgehead atoms. The van der Waals surface area contributed by atoms with Crippen LogP contribution in [0.3, 0.4) is 0 Å². The quantitative estimate of drug-likeness (QED) is 0.483. The summed E-state index contributed by atoms with van der Waals surface area (Å²) < 4.78 is 3.23. The first kappa shape index (κ1) is 15.2. The molecule has 21 heavy (non-hydrogen) atoms. The Labute approximate surface area is 126 Å². The summed E-state index contributed by atoms with van der Waals surface area (Å²) in [6.45, 7) is 6.52. The van der Waals surface area contributed by atoms with Gasteiger partial charge < -0.3 is 14.7 Å². The highest BCUT2D eigenvalue weighted by molar-refractivity contribution is 6.32. The monoisotopic (exact) mass is 310 g/mol. The number of carbonyl (C=O) groups excluding carboxylic acids is 1. The van der Waals surface area contributed by atoms with Crippen molar-refractivity contribution in [3.05, 3.63) is 44.4 Å². The molecule has 0 aromatic carbocycles. The second-order valence-corrected chi connectivity index (χ2v) is 5.11. The number of ketones is 1. The van der Waals surface area contributed by atoms with Gasteiger partial charge in [0.05, 0.1) is 11.3 Å². The SMILES string of the molecule is CCn1c(C)cc(C(=O)Cn2cc(Cl)c([N+](=O)[O-])n2)c1C. The van der Waals surface area contributed by atoms with Crippen molar-refractivity contribution in [2.45, 2.75) is 33.9 Å². The number of halogens is 1. The molecule has 0 N–H and O–H groups in total. The zero-order chi connectivity index (χ0) is 15.7. The minimum Gasteiger partial charge on any atom is -0.358 e. The maximum Gasteiger partial charge on any atom is 0.408 e. The molecule has 112 valence electrons. The van der Waals surface area contributed by atoms with E-state index in [0.29, 0.717) is 5.56 Å². The third kappa shape index (κ3) is 2.82. The van der Waals surface area contributed by atoms with Crippen LogP contribution in [-0.4, -0.2) is 25.1 Å². The van der Waals surface area contributed by atoms with Crippen molar-refractivity contribution < 1.29 is 9.72 Å². The summed E-state index contributed by atoms with van der Waals surface area (Å²) in [5, 5.41) is 14.3. The fraction of sp³-hybridized carbons (Fsp3) is 0.385. The van der Waals surface area contributed by atoms with Gasteiger partial charge in [0.25, 0.3) is 0 Å². The molecule has 8 heteroatoms. The molecule has 0 saturated heterocycles. The Bertz CT molecular complexity index is 717. The van der Waals surface area contributed by atoms with E-state index >= 15 is 0 Å². The van der Waals surface area contributed by atoms with Crippen LogP contribution in [0.2, 0.25) is 5.02 Å². The highest BCUT2D eigenvalue weighted by Gasteiger charge is 2.22. The predicted molar refractivity (Wildman–Crippen MR) is 77.8 cm³/mol. The largest absolute Gasteiger partial charge is 0.408 e. The Morgan fingerprint density at radius 1 is 1.48 bits per heavy atom. The zero-order valence-electron chi connectivity index (χ0n) is 12.0. The number of rotatable bonds is 5. The van der Waals surface area contributed by atoms with Gasteiger partial charge in [-0.05, 0) is 31.8 Å². The number of nitro groups is 1. The molecule has 2 aromatic heterocycles. The summed E-state index contributed by atoms with van der Waals surface area (Å²) in [5.41, 5.74) is 2.49. The molecular weight excluding hydrogens is 296 g/mol. The fourth-order valence-corrected chi connectivity index (χ4v) is 2.61. The van der Waals surface area contributed by atoms with Crippen molar-refractivity contribution in [2.75, 3.05) is 0 Å². The number of hydrogen-bond acceptors (Lipinski definition) is 4. The highest BCUT2D eigenvalue weighted by Crippen LogP contribution is 2.22. The first-order valence-corrected chi connectivity index (χ1v) is 6.80. The summed E-state index contributed by atoms with van der Waals surface area (Å²) in [6.07, 6.45) is 1.29. The number of aromatic nitrogens is 3. The van der Waals surface area contributed by atoms with Crippen molar-refractivity contribution >= 4 is 23.2 Å². The van der Waals surface area contributed by atoms with Crippen LogP contribution >= 0.6 is 11.6 Å². The van der Waals surface area contributed by atoms with Crippen LogP contribution < -0.4 is 0 Å². The van der Waals surface area contributed by atoms with Gasteiger partial charge >= 0.3 is 5.82 Å². The molecule has 2 aromatic rings. The molecule has 0 atom stereocenters. The fourth-order valence-electron chi connectivity index (χ4n) is 2.39. The van der Waals surface area contributed by atoms with Crippen LogP contribution in [0.25, 0.3) is 0 Å². The van der Waals surface area contributed by atoms with Gasteiger partial charge in [-0.15, -0.1) is 0 Å². The van der Waals surface area contributed by atoms with Gasteiger partial charge in [-0.1, -0.05) is 11.6 Å². The van der Waals surface area contributed by atoms with Crippen LogP contribution in [0.5, 0.6) is 0 Å². The number of nitrogens with zero attached hydrogens (tertiary/aromatic N) is 4. The van der Waals surface area contributed by atoms with E-state index in [1.807, 2.05) is 31.4 Å². The van der Waals surface area contributed by atoms with Gasteiger partial charge in [-0.3, -0.25) is 4.79 Å². The van der Waals surface area contributed by atoms with Gasteiger partial charge in [0.1, 0.15) is 6.54 Å². The third-order valence-electron chi connectivity index (χ3n) is 3.37. The van der Waals surface area contributed by atoms with Gasteiger partial charge in [0.15, 0.2) is 10.8 Å². The molecule has 0 aliphatic carbocycles. The molecule has 0 amide bonds. The van der Waals surface area contributed by atoms with E-state index in [1.165, 1.54) is 10.9 Å². The molecule has 0 saturated carbocycles. The van der Waals surface area contributed by atoms with Crippen molar-refractivity contribution in [3.63, 3.8) is 0 Å². The summed E-state index contributed by atoms with van der Waals surface area (Å²) >= 11 is 5.71. The maximum atomic E-state index is 12.3. The molecule has 0 spiro atoms. The van der Waals surface area contributed by atoms with Gasteiger partial charge in [-0.2, -0.15) is 4.68 Å². The standard InChI is InChI=1S/C13H15ClN4O3/c1-4-17-8(2)5-10(9(17)3)12(19)7-16-6-11(14)13(15-16)18(20)21/h5-6H,4,7H2,1-3H3. The van der Waals surface area contributed by atoms with Crippen molar-refractivity contribution in [2.24, 2.45) is 0 Å². The van der Waals surface area contributed by atoms with E-state index in [9.17, 15) is 14.9 Å². The smallest absolute Gasteiger partial charge is 0.358 e. The van der Waals surface area contributed by atoms with E-state index in [4.69, 9.17) is 11.6 Å². The molecule has 0 fully saturated rings. The van der Waals surface area contributed by atoms with E-state index in [0.717, 1.165) is 17.9 Å². The Morgan fingerprint density at radius 3 is 2.62 bits per heavy atom. The normalized spacial score (nSPS) is 10.9. The molecular formula is C13H15ClN4O3. The second kappa shape index (κ2) is 5.69. The predicted octanol–water partition coefficient (Wildman–Crippen LogP) is 2.77. The summed E-state index contributed by atoms with van der Waals surface area (Å²) in [4.78, 5) is 22.3. The minimum atomic E-state index is -0.674. The van der Waals surface area contributed by atoms with Gasteiger partial charge in [0.2, 0.25) is 0 Å². The van der Waals surface area contributed by atoms with E-state index in [-0.39, 0.29) is 17.4 Å². The lowest BCUT2D eigenvalue weighted by Gasteiger charge is -2.05. The van der Waals surface area contributed by atoms with E-state index in [2.05, 4.69) is 5.10 Å². The molecule has 0 aliphatic heterocycles. The molecule has 2 heterocycles. The number of carbonyl (C=O) groups is 1. The summed E-state index contributed by atoms with van der Waals surface area (Å²) in [5.74, 6) is -0.597. The van der Waals surface area contributed by atoms with Crippen molar-refractivity contribution in [1.82, 2.24) is 14.3 Å². The first-order chi connectivity index (χ1) is 9.85. The Balaban J connectivity index is 2.26. The highest BCUT2D eigenvalue weighted by atomic mass is 35.5. The third-order valence-corrected chi connectivity index (χ3v) is 3.63. The topological polar surface area (TPSA) is 83.0 Å². The zero-order valence-corrected chi connectivity index (χ0v) is 12.7. The Morgan fingerprint density at radius 2 is 2.14 bits per heavy atom. The van der Waals surface area contributed by atoms with Gasteiger partial charge in [-0.25, -0.2) is 0 Å². The number of hydrogen-bond donors (Lipinski definition) is 0. The summed E-state index contributed by atoms with van der Waals surface area (Å²) in [7, 11) is 0. The Kier molecular flexibility index (Phi) is 4.13. The molecule has 2 rings (SSSR count). The van der Waals surface area contributed by atoms with Crippen LogP contribution in [-0.2, 0) is 13.1 Å². The summed E-state index contributed by atoms with van der Waals surface area (Å²) in [6, 6.07) is 1.82. The lowest BCUT2D eigenvalue weighted by Crippen LogP contribution is -2.12.